The molecule has 4 nitrogen and oxygen atoms in total. The number of rotatable bonds is 4. The highest BCUT2D eigenvalue weighted by Crippen LogP contribution is 2.34. The molecule has 102 valence electrons. The van der Waals surface area contributed by atoms with Crippen LogP contribution < -0.4 is 11.1 Å². The molecule has 4 atom stereocenters. The molecular formula is C15H20N2O2. The second-order valence-corrected chi connectivity index (χ2v) is 5.50. The van der Waals surface area contributed by atoms with E-state index in [2.05, 4.69) is 5.32 Å². The normalized spacial score (nSPS) is 30.3. The molecule has 2 aliphatic heterocycles. The molecule has 0 aliphatic carbocycles. The van der Waals surface area contributed by atoms with Crippen LogP contribution in [0.1, 0.15) is 37.3 Å². The molecule has 1 aromatic rings. The van der Waals surface area contributed by atoms with E-state index < -0.39 is 0 Å². The standard InChI is InChI=1S/C15H20N2O2/c16-12(10-4-2-1-3-5-10)9-15(18)17-13-8-11-6-7-14(13)19-11/h1-5,11-14H,6-9,16H2,(H,17,18)/t11-,12-,13+,14-/m1/s1. The summed E-state index contributed by atoms with van der Waals surface area (Å²) in [6.07, 6.45) is 4.08. The molecule has 0 saturated carbocycles. The van der Waals surface area contributed by atoms with Crippen LogP contribution in [0, 0.1) is 0 Å². The van der Waals surface area contributed by atoms with Crippen LogP contribution in [0.2, 0.25) is 0 Å². The van der Waals surface area contributed by atoms with Crippen LogP contribution in [-0.2, 0) is 9.53 Å². The average molecular weight is 260 g/mol. The number of hydrogen-bond acceptors (Lipinski definition) is 3. The highest BCUT2D eigenvalue weighted by atomic mass is 16.5. The summed E-state index contributed by atoms with van der Waals surface area (Å²) < 4.78 is 5.73. The smallest absolute Gasteiger partial charge is 0.222 e. The first kappa shape index (κ1) is 12.6. The lowest BCUT2D eigenvalue weighted by atomic mass is 9.95. The van der Waals surface area contributed by atoms with Gasteiger partial charge in [0.15, 0.2) is 0 Å². The van der Waals surface area contributed by atoms with E-state index in [0.717, 1.165) is 24.8 Å². The van der Waals surface area contributed by atoms with E-state index in [0.29, 0.717) is 12.5 Å². The summed E-state index contributed by atoms with van der Waals surface area (Å²) in [7, 11) is 0. The fourth-order valence-corrected chi connectivity index (χ4v) is 3.07. The minimum Gasteiger partial charge on any atom is -0.373 e. The molecule has 4 heteroatoms. The predicted molar refractivity (Wildman–Crippen MR) is 72.4 cm³/mol. The Bertz CT molecular complexity index is 449. The summed E-state index contributed by atoms with van der Waals surface area (Å²) in [5.74, 6) is 0.0255. The summed E-state index contributed by atoms with van der Waals surface area (Å²) in [6, 6.07) is 9.70. The van der Waals surface area contributed by atoms with Crippen LogP contribution in [0.4, 0.5) is 0 Å². The molecule has 2 aliphatic rings. The van der Waals surface area contributed by atoms with E-state index >= 15 is 0 Å². The lowest BCUT2D eigenvalue weighted by molar-refractivity contribution is -0.122. The fourth-order valence-electron chi connectivity index (χ4n) is 3.07. The number of hydrogen-bond donors (Lipinski definition) is 2. The van der Waals surface area contributed by atoms with Gasteiger partial charge >= 0.3 is 0 Å². The van der Waals surface area contributed by atoms with Crippen molar-refractivity contribution in [3.05, 3.63) is 35.9 Å². The molecule has 0 spiro atoms. The minimum absolute atomic E-state index is 0.0255. The summed E-state index contributed by atoms with van der Waals surface area (Å²) in [4.78, 5) is 12.0. The first-order valence-corrected chi connectivity index (χ1v) is 6.98. The highest BCUT2D eigenvalue weighted by molar-refractivity contribution is 5.77. The van der Waals surface area contributed by atoms with Crippen LogP contribution in [0.25, 0.3) is 0 Å². The Hall–Kier alpha value is -1.39. The van der Waals surface area contributed by atoms with Crippen molar-refractivity contribution >= 4 is 5.91 Å². The van der Waals surface area contributed by atoms with Gasteiger partial charge in [0, 0.05) is 12.5 Å². The van der Waals surface area contributed by atoms with Gasteiger partial charge in [0.1, 0.15) is 0 Å². The number of fused-ring (bicyclic) bond motifs is 2. The van der Waals surface area contributed by atoms with Crippen molar-refractivity contribution in [3.8, 4) is 0 Å². The largest absolute Gasteiger partial charge is 0.373 e. The maximum atomic E-state index is 12.0. The molecule has 0 radical (unpaired) electrons. The Morgan fingerprint density at radius 1 is 1.37 bits per heavy atom. The fraction of sp³-hybridized carbons (Fsp3) is 0.533. The van der Waals surface area contributed by atoms with Crippen LogP contribution in [-0.4, -0.2) is 24.2 Å². The SMILES string of the molecule is N[C@H](CC(=O)N[C@H]1C[C@H]2CC[C@H]1O2)c1ccccc1. The maximum absolute atomic E-state index is 12.0. The van der Waals surface area contributed by atoms with Gasteiger partial charge in [-0.15, -0.1) is 0 Å². The first-order chi connectivity index (χ1) is 9.22. The Morgan fingerprint density at radius 2 is 2.16 bits per heavy atom. The molecular weight excluding hydrogens is 240 g/mol. The zero-order valence-corrected chi connectivity index (χ0v) is 10.9. The summed E-state index contributed by atoms with van der Waals surface area (Å²) in [6.45, 7) is 0. The number of amides is 1. The van der Waals surface area contributed by atoms with E-state index in [1.807, 2.05) is 30.3 Å². The molecule has 0 unspecified atom stereocenters. The van der Waals surface area contributed by atoms with Crippen molar-refractivity contribution in [2.45, 2.75) is 50.0 Å². The van der Waals surface area contributed by atoms with Crippen LogP contribution in [0.5, 0.6) is 0 Å². The van der Waals surface area contributed by atoms with Crippen molar-refractivity contribution in [1.29, 1.82) is 0 Å². The van der Waals surface area contributed by atoms with Gasteiger partial charge in [-0.05, 0) is 24.8 Å². The average Bonchev–Trinajstić information content (AvgIpc) is 3.02. The van der Waals surface area contributed by atoms with Gasteiger partial charge in [-0.25, -0.2) is 0 Å². The zero-order valence-electron chi connectivity index (χ0n) is 10.9. The quantitative estimate of drug-likeness (QED) is 0.862. The minimum atomic E-state index is -0.235. The maximum Gasteiger partial charge on any atom is 0.222 e. The van der Waals surface area contributed by atoms with Crippen LogP contribution in [0.15, 0.2) is 30.3 Å². The van der Waals surface area contributed by atoms with E-state index in [9.17, 15) is 4.79 Å². The molecule has 1 amide bonds. The Balaban J connectivity index is 1.51. The van der Waals surface area contributed by atoms with Gasteiger partial charge in [-0.2, -0.15) is 0 Å². The second kappa shape index (κ2) is 5.31. The Morgan fingerprint density at radius 3 is 2.79 bits per heavy atom. The van der Waals surface area contributed by atoms with E-state index in [-0.39, 0.29) is 24.1 Å². The summed E-state index contributed by atoms with van der Waals surface area (Å²) in [5.41, 5.74) is 7.06. The zero-order chi connectivity index (χ0) is 13.2. The lowest BCUT2D eigenvalue weighted by Crippen LogP contribution is -2.42. The monoisotopic (exact) mass is 260 g/mol. The van der Waals surface area contributed by atoms with Gasteiger partial charge in [0.25, 0.3) is 0 Å². The van der Waals surface area contributed by atoms with Crippen LogP contribution in [0.3, 0.4) is 0 Å². The highest BCUT2D eigenvalue weighted by Gasteiger charge is 2.41. The number of benzene rings is 1. The van der Waals surface area contributed by atoms with E-state index in [1.165, 1.54) is 0 Å². The predicted octanol–water partition coefficient (Wildman–Crippen LogP) is 1.51. The first-order valence-electron chi connectivity index (χ1n) is 6.98. The molecule has 2 heterocycles. The van der Waals surface area contributed by atoms with Crippen molar-refractivity contribution in [2.24, 2.45) is 5.73 Å². The Kier molecular flexibility index (Phi) is 3.53. The van der Waals surface area contributed by atoms with Gasteiger partial charge in [-0.3, -0.25) is 4.79 Å². The van der Waals surface area contributed by atoms with E-state index in [1.54, 1.807) is 0 Å². The van der Waals surface area contributed by atoms with Gasteiger partial charge in [-0.1, -0.05) is 30.3 Å². The van der Waals surface area contributed by atoms with Crippen molar-refractivity contribution < 1.29 is 9.53 Å². The van der Waals surface area contributed by atoms with Crippen molar-refractivity contribution in [3.63, 3.8) is 0 Å². The molecule has 2 fully saturated rings. The molecule has 2 bridgehead atoms. The third kappa shape index (κ3) is 2.80. The number of carbonyl (C=O) groups excluding carboxylic acids is 1. The van der Waals surface area contributed by atoms with Gasteiger partial charge < -0.3 is 15.8 Å². The van der Waals surface area contributed by atoms with Crippen molar-refractivity contribution in [1.82, 2.24) is 5.32 Å². The van der Waals surface area contributed by atoms with Gasteiger partial charge in [0.05, 0.1) is 18.2 Å². The third-order valence-electron chi connectivity index (χ3n) is 4.09. The van der Waals surface area contributed by atoms with E-state index in [4.69, 9.17) is 10.5 Å². The summed E-state index contributed by atoms with van der Waals surface area (Å²) >= 11 is 0. The number of nitrogens with one attached hydrogen (secondary N) is 1. The third-order valence-corrected chi connectivity index (χ3v) is 4.09. The molecule has 0 aromatic heterocycles. The number of ether oxygens (including phenoxy) is 1. The molecule has 19 heavy (non-hydrogen) atoms. The second-order valence-electron chi connectivity index (χ2n) is 5.50. The number of carbonyl (C=O) groups is 1. The number of nitrogens with two attached hydrogens (primary N) is 1. The lowest BCUT2D eigenvalue weighted by Gasteiger charge is -2.21. The van der Waals surface area contributed by atoms with Crippen molar-refractivity contribution in [2.75, 3.05) is 0 Å². The molecule has 3 rings (SSSR count). The van der Waals surface area contributed by atoms with Gasteiger partial charge in [0.2, 0.25) is 5.91 Å². The molecule has 3 N–H and O–H groups in total. The Labute approximate surface area is 113 Å². The molecule has 2 saturated heterocycles. The van der Waals surface area contributed by atoms with Crippen LogP contribution >= 0.6 is 0 Å². The summed E-state index contributed by atoms with van der Waals surface area (Å²) in [5, 5.41) is 3.07. The molecule has 1 aromatic carbocycles. The topological polar surface area (TPSA) is 64.4 Å².